The standard InChI is InChI=1S/C18H14F2N6O2/c19-12-5-11(6-13(20)7-12)16-2-4-23-26(16)18(27)25-9-15(10-25)28-17-22-3-1-14(8-21)24-17/h1,3-7,15-16H,2,9-10H2/t16-/m0/s1. The van der Waals surface area contributed by atoms with Gasteiger partial charge in [-0.15, -0.1) is 0 Å². The van der Waals surface area contributed by atoms with Crippen molar-refractivity contribution >= 4 is 12.2 Å². The molecule has 2 aromatic rings. The van der Waals surface area contributed by atoms with Gasteiger partial charge in [0.25, 0.3) is 0 Å². The number of ether oxygens (including phenoxy) is 1. The van der Waals surface area contributed by atoms with Gasteiger partial charge in [-0.1, -0.05) is 0 Å². The molecule has 0 N–H and O–H groups in total. The van der Waals surface area contributed by atoms with E-state index in [-0.39, 0.29) is 36.9 Å². The van der Waals surface area contributed by atoms with Crippen LogP contribution >= 0.6 is 0 Å². The lowest BCUT2D eigenvalue weighted by Crippen LogP contribution is -2.59. The van der Waals surface area contributed by atoms with Gasteiger partial charge in [-0.2, -0.15) is 15.3 Å². The lowest BCUT2D eigenvalue weighted by molar-refractivity contribution is 0.0225. The predicted octanol–water partition coefficient (Wildman–Crippen LogP) is 2.24. The first-order valence-corrected chi connectivity index (χ1v) is 8.50. The number of nitriles is 1. The van der Waals surface area contributed by atoms with Crippen molar-refractivity contribution in [1.82, 2.24) is 19.9 Å². The summed E-state index contributed by atoms with van der Waals surface area (Å²) in [5.41, 5.74) is 0.534. The molecule has 0 bridgehead atoms. The largest absolute Gasteiger partial charge is 0.456 e. The lowest BCUT2D eigenvalue weighted by atomic mass is 10.0. The van der Waals surface area contributed by atoms with Gasteiger partial charge in [0.2, 0.25) is 0 Å². The van der Waals surface area contributed by atoms with Crippen LogP contribution in [0.25, 0.3) is 0 Å². The summed E-state index contributed by atoms with van der Waals surface area (Å²) in [5, 5.41) is 14.1. The number of amides is 2. The van der Waals surface area contributed by atoms with Crippen molar-refractivity contribution in [2.24, 2.45) is 5.10 Å². The Morgan fingerprint density at radius 3 is 2.71 bits per heavy atom. The summed E-state index contributed by atoms with van der Waals surface area (Å²) in [7, 11) is 0. The summed E-state index contributed by atoms with van der Waals surface area (Å²) < 4.78 is 32.6. The number of aromatic nitrogens is 2. The fraction of sp³-hybridized carbons (Fsp3) is 0.278. The molecule has 0 spiro atoms. The van der Waals surface area contributed by atoms with E-state index in [2.05, 4.69) is 15.1 Å². The molecule has 1 aromatic carbocycles. The van der Waals surface area contributed by atoms with Crippen LogP contribution in [0.2, 0.25) is 0 Å². The molecule has 0 aliphatic carbocycles. The molecule has 3 heterocycles. The summed E-state index contributed by atoms with van der Waals surface area (Å²) in [6.07, 6.45) is 3.02. The van der Waals surface area contributed by atoms with Gasteiger partial charge in [0.15, 0.2) is 0 Å². The Bertz CT molecular complexity index is 966. The molecule has 2 aliphatic rings. The first kappa shape index (κ1) is 17.8. The highest BCUT2D eigenvalue weighted by molar-refractivity contribution is 5.79. The zero-order valence-electron chi connectivity index (χ0n) is 14.5. The second kappa shape index (κ2) is 7.19. The topological polar surface area (TPSA) is 94.7 Å². The molecular weight excluding hydrogens is 370 g/mol. The fourth-order valence-electron chi connectivity index (χ4n) is 3.07. The number of carbonyl (C=O) groups excluding carboxylic acids is 1. The van der Waals surface area contributed by atoms with Gasteiger partial charge in [-0.05, 0) is 23.8 Å². The van der Waals surface area contributed by atoms with Crippen LogP contribution in [-0.2, 0) is 0 Å². The predicted molar refractivity (Wildman–Crippen MR) is 92.2 cm³/mol. The lowest BCUT2D eigenvalue weighted by Gasteiger charge is -2.40. The van der Waals surface area contributed by atoms with E-state index in [4.69, 9.17) is 10.00 Å². The number of urea groups is 1. The molecular formula is C18H14F2N6O2. The molecule has 1 fully saturated rings. The monoisotopic (exact) mass is 384 g/mol. The maximum absolute atomic E-state index is 13.5. The summed E-state index contributed by atoms with van der Waals surface area (Å²) >= 11 is 0. The van der Waals surface area contributed by atoms with Crippen LogP contribution in [-0.4, -0.2) is 51.3 Å². The number of hydrazone groups is 1. The number of hydrogen-bond acceptors (Lipinski definition) is 6. The van der Waals surface area contributed by atoms with E-state index in [1.165, 1.54) is 34.3 Å². The van der Waals surface area contributed by atoms with Crippen molar-refractivity contribution < 1.29 is 18.3 Å². The van der Waals surface area contributed by atoms with Crippen LogP contribution in [0.4, 0.5) is 13.6 Å². The molecule has 8 nitrogen and oxygen atoms in total. The van der Waals surface area contributed by atoms with Crippen molar-refractivity contribution in [3.63, 3.8) is 0 Å². The third-order valence-electron chi connectivity index (χ3n) is 4.43. The molecule has 1 saturated heterocycles. The summed E-state index contributed by atoms with van der Waals surface area (Å²) in [6, 6.07) is 5.67. The van der Waals surface area contributed by atoms with E-state index in [1.807, 2.05) is 6.07 Å². The Labute approximate surface area is 158 Å². The van der Waals surface area contributed by atoms with Gasteiger partial charge in [-0.25, -0.2) is 23.6 Å². The van der Waals surface area contributed by atoms with Crippen LogP contribution in [0.3, 0.4) is 0 Å². The van der Waals surface area contributed by atoms with E-state index >= 15 is 0 Å². The quantitative estimate of drug-likeness (QED) is 0.809. The molecule has 1 aromatic heterocycles. The van der Waals surface area contributed by atoms with Crippen molar-refractivity contribution in [2.75, 3.05) is 13.1 Å². The minimum atomic E-state index is -0.702. The normalized spacial score (nSPS) is 18.7. The van der Waals surface area contributed by atoms with Crippen molar-refractivity contribution in [3.05, 3.63) is 53.4 Å². The molecule has 28 heavy (non-hydrogen) atoms. The third kappa shape index (κ3) is 3.46. The summed E-state index contributed by atoms with van der Waals surface area (Å²) in [4.78, 5) is 22.1. The van der Waals surface area contributed by atoms with E-state index < -0.39 is 17.7 Å². The molecule has 2 amide bonds. The van der Waals surface area contributed by atoms with E-state index in [0.29, 0.717) is 12.0 Å². The molecule has 2 aliphatic heterocycles. The fourth-order valence-corrected chi connectivity index (χ4v) is 3.07. The van der Waals surface area contributed by atoms with Crippen molar-refractivity contribution in [2.45, 2.75) is 18.6 Å². The van der Waals surface area contributed by atoms with Gasteiger partial charge < -0.3 is 9.64 Å². The molecule has 0 unspecified atom stereocenters. The van der Waals surface area contributed by atoms with Gasteiger partial charge in [0.05, 0.1) is 19.1 Å². The highest BCUT2D eigenvalue weighted by Crippen LogP contribution is 2.31. The third-order valence-corrected chi connectivity index (χ3v) is 4.43. The zero-order valence-corrected chi connectivity index (χ0v) is 14.5. The maximum Gasteiger partial charge on any atom is 0.341 e. The molecule has 10 heteroatoms. The average Bonchev–Trinajstić information content (AvgIpc) is 3.13. The van der Waals surface area contributed by atoms with Crippen LogP contribution in [0, 0.1) is 23.0 Å². The first-order chi connectivity index (χ1) is 13.5. The highest BCUT2D eigenvalue weighted by Gasteiger charge is 2.39. The molecule has 0 radical (unpaired) electrons. The van der Waals surface area contributed by atoms with Gasteiger partial charge in [-0.3, -0.25) is 0 Å². The second-order valence-corrected chi connectivity index (χ2v) is 6.36. The van der Waals surface area contributed by atoms with Gasteiger partial charge >= 0.3 is 12.0 Å². The SMILES string of the molecule is N#Cc1ccnc(OC2CN(C(=O)N3N=CC[C@H]3c3cc(F)cc(F)c3)C2)n1. The molecule has 4 rings (SSSR count). The van der Waals surface area contributed by atoms with Gasteiger partial charge in [0.1, 0.15) is 29.5 Å². The number of benzene rings is 1. The van der Waals surface area contributed by atoms with E-state index in [9.17, 15) is 13.6 Å². The number of halogens is 2. The molecule has 0 saturated carbocycles. The Hall–Kier alpha value is -3.61. The summed E-state index contributed by atoms with van der Waals surface area (Å²) in [6.45, 7) is 0.574. The minimum Gasteiger partial charge on any atom is -0.456 e. The number of hydrogen-bond donors (Lipinski definition) is 0. The Kier molecular flexibility index (Phi) is 4.57. The second-order valence-electron chi connectivity index (χ2n) is 6.36. The number of nitrogens with zero attached hydrogens (tertiary/aromatic N) is 6. The van der Waals surface area contributed by atoms with Gasteiger partial charge in [0, 0.05) is 24.9 Å². The Morgan fingerprint density at radius 1 is 1.25 bits per heavy atom. The van der Waals surface area contributed by atoms with E-state index in [0.717, 1.165) is 6.07 Å². The van der Waals surface area contributed by atoms with Crippen LogP contribution in [0.15, 0.2) is 35.6 Å². The van der Waals surface area contributed by atoms with Crippen molar-refractivity contribution in [1.29, 1.82) is 5.26 Å². The number of rotatable bonds is 3. The van der Waals surface area contributed by atoms with Crippen molar-refractivity contribution in [3.8, 4) is 12.1 Å². The smallest absolute Gasteiger partial charge is 0.341 e. The maximum atomic E-state index is 13.5. The first-order valence-electron chi connectivity index (χ1n) is 8.50. The average molecular weight is 384 g/mol. The zero-order chi connectivity index (χ0) is 19.7. The van der Waals surface area contributed by atoms with Crippen LogP contribution in [0.1, 0.15) is 23.7 Å². The highest BCUT2D eigenvalue weighted by atomic mass is 19.1. The van der Waals surface area contributed by atoms with E-state index in [1.54, 1.807) is 6.21 Å². The Morgan fingerprint density at radius 2 is 2.00 bits per heavy atom. The van der Waals surface area contributed by atoms with Crippen LogP contribution < -0.4 is 4.74 Å². The number of likely N-dealkylation sites (tertiary alicyclic amines) is 1. The number of carbonyl (C=O) groups is 1. The molecule has 1 atom stereocenters. The molecule has 142 valence electrons. The summed E-state index contributed by atoms with van der Waals surface area (Å²) in [5.74, 6) is -1.40. The minimum absolute atomic E-state index is 0.0726. The Balaban J connectivity index is 1.38. The van der Waals surface area contributed by atoms with Crippen LogP contribution in [0.5, 0.6) is 6.01 Å².